The first-order chi connectivity index (χ1) is 12.1. The number of hydrogen-bond donors (Lipinski definition) is 1. The molecule has 0 spiro atoms. The standard InChI is InChI=1S/C19H27N3O2S/c1-4-22(5-2)12-8-11-20-18(23)14-25-17-13-19(24)21(3)16-10-7-6-9-15(16)17/h6-7,9-10,13H,4-5,8,11-12,14H2,1-3H3,(H,20,23). The number of fused-ring (bicyclic) bond motifs is 1. The molecule has 0 aliphatic heterocycles. The van der Waals surface area contributed by atoms with Crippen molar-refractivity contribution in [2.24, 2.45) is 7.05 Å². The molecule has 0 unspecified atom stereocenters. The van der Waals surface area contributed by atoms with Crippen LogP contribution in [-0.2, 0) is 11.8 Å². The van der Waals surface area contributed by atoms with Crippen LogP contribution in [0.2, 0.25) is 0 Å². The van der Waals surface area contributed by atoms with Gasteiger partial charge in [0.1, 0.15) is 0 Å². The van der Waals surface area contributed by atoms with Gasteiger partial charge in [0.2, 0.25) is 5.91 Å². The summed E-state index contributed by atoms with van der Waals surface area (Å²) in [5.74, 6) is 0.330. The Morgan fingerprint density at radius 3 is 2.68 bits per heavy atom. The fourth-order valence-electron chi connectivity index (χ4n) is 2.76. The van der Waals surface area contributed by atoms with Gasteiger partial charge >= 0.3 is 0 Å². The molecule has 0 bridgehead atoms. The van der Waals surface area contributed by atoms with Gasteiger partial charge in [-0.05, 0) is 32.1 Å². The molecule has 0 saturated heterocycles. The molecule has 0 aliphatic carbocycles. The Morgan fingerprint density at radius 1 is 1.24 bits per heavy atom. The summed E-state index contributed by atoms with van der Waals surface area (Å²) in [6, 6.07) is 9.39. The van der Waals surface area contributed by atoms with Gasteiger partial charge in [0.05, 0.1) is 11.3 Å². The lowest BCUT2D eigenvalue weighted by molar-refractivity contribution is -0.118. The van der Waals surface area contributed by atoms with Gasteiger partial charge in [-0.15, -0.1) is 11.8 Å². The molecule has 2 rings (SSSR count). The van der Waals surface area contributed by atoms with E-state index in [0.717, 1.165) is 41.9 Å². The second-order valence-corrected chi connectivity index (χ2v) is 6.96. The molecule has 0 saturated carbocycles. The van der Waals surface area contributed by atoms with Gasteiger partial charge < -0.3 is 14.8 Å². The number of thioether (sulfide) groups is 1. The number of rotatable bonds is 9. The molecule has 5 nitrogen and oxygen atoms in total. The first kappa shape index (κ1) is 19.5. The van der Waals surface area contributed by atoms with E-state index in [-0.39, 0.29) is 11.5 Å². The number of carbonyl (C=O) groups is 1. The summed E-state index contributed by atoms with van der Waals surface area (Å²) in [5.41, 5.74) is 0.831. The van der Waals surface area contributed by atoms with Crippen molar-refractivity contribution in [1.82, 2.24) is 14.8 Å². The lowest BCUT2D eigenvalue weighted by atomic mass is 10.2. The molecule has 25 heavy (non-hydrogen) atoms. The zero-order valence-electron chi connectivity index (χ0n) is 15.2. The van der Waals surface area contributed by atoms with E-state index in [2.05, 4.69) is 24.1 Å². The summed E-state index contributed by atoms with van der Waals surface area (Å²) < 4.78 is 1.63. The summed E-state index contributed by atoms with van der Waals surface area (Å²) in [4.78, 5) is 27.3. The van der Waals surface area contributed by atoms with Crippen LogP contribution in [0.15, 0.2) is 40.0 Å². The predicted octanol–water partition coefficient (Wildman–Crippen LogP) is 2.48. The number of hydrogen-bond acceptors (Lipinski definition) is 4. The monoisotopic (exact) mass is 361 g/mol. The average molecular weight is 362 g/mol. The molecule has 0 aliphatic rings. The summed E-state index contributed by atoms with van der Waals surface area (Å²) in [7, 11) is 1.77. The lowest BCUT2D eigenvalue weighted by Gasteiger charge is -2.17. The number of amides is 1. The molecule has 1 amide bonds. The van der Waals surface area contributed by atoms with Crippen molar-refractivity contribution >= 4 is 28.6 Å². The average Bonchev–Trinajstić information content (AvgIpc) is 2.63. The molecule has 0 atom stereocenters. The van der Waals surface area contributed by atoms with Crippen LogP contribution in [0, 0.1) is 0 Å². The molecule has 0 radical (unpaired) electrons. The second-order valence-electron chi connectivity index (χ2n) is 5.94. The van der Waals surface area contributed by atoms with E-state index < -0.39 is 0 Å². The largest absolute Gasteiger partial charge is 0.355 e. The zero-order chi connectivity index (χ0) is 18.2. The Hall–Kier alpha value is -1.79. The van der Waals surface area contributed by atoms with E-state index in [1.54, 1.807) is 17.7 Å². The minimum Gasteiger partial charge on any atom is -0.355 e. The van der Waals surface area contributed by atoms with Crippen molar-refractivity contribution in [2.45, 2.75) is 25.2 Å². The Balaban J connectivity index is 1.89. The summed E-state index contributed by atoms with van der Waals surface area (Å²) >= 11 is 1.42. The number of aryl methyl sites for hydroxylation is 1. The highest BCUT2D eigenvalue weighted by Crippen LogP contribution is 2.25. The van der Waals surface area contributed by atoms with E-state index in [0.29, 0.717) is 12.3 Å². The minimum atomic E-state index is -0.0548. The molecular formula is C19H27N3O2S. The van der Waals surface area contributed by atoms with Gasteiger partial charge in [-0.1, -0.05) is 32.0 Å². The number of nitrogens with zero attached hydrogens (tertiary/aromatic N) is 2. The maximum Gasteiger partial charge on any atom is 0.251 e. The van der Waals surface area contributed by atoms with Crippen LogP contribution >= 0.6 is 11.8 Å². The number of para-hydroxylation sites is 1. The third-order valence-electron chi connectivity index (χ3n) is 4.34. The zero-order valence-corrected chi connectivity index (χ0v) is 16.1. The van der Waals surface area contributed by atoms with E-state index in [4.69, 9.17) is 0 Å². The van der Waals surface area contributed by atoms with Gasteiger partial charge in [-0.3, -0.25) is 9.59 Å². The SMILES string of the molecule is CCN(CC)CCCNC(=O)CSc1cc(=O)n(C)c2ccccc12. The highest BCUT2D eigenvalue weighted by atomic mass is 32.2. The minimum absolute atomic E-state index is 0.00862. The number of benzene rings is 1. The molecule has 1 aromatic carbocycles. The summed E-state index contributed by atoms with van der Waals surface area (Å²) in [6.07, 6.45) is 0.951. The fraction of sp³-hybridized carbons (Fsp3) is 0.474. The smallest absolute Gasteiger partial charge is 0.251 e. The molecular weight excluding hydrogens is 334 g/mol. The van der Waals surface area contributed by atoms with Crippen LogP contribution < -0.4 is 10.9 Å². The first-order valence-electron chi connectivity index (χ1n) is 8.77. The van der Waals surface area contributed by atoms with E-state index in [9.17, 15) is 9.59 Å². The van der Waals surface area contributed by atoms with Gasteiger partial charge in [0.15, 0.2) is 0 Å². The van der Waals surface area contributed by atoms with Crippen LogP contribution in [0.25, 0.3) is 10.9 Å². The first-order valence-corrected chi connectivity index (χ1v) is 9.76. The highest BCUT2D eigenvalue weighted by Gasteiger charge is 2.09. The topological polar surface area (TPSA) is 54.3 Å². The van der Waals surface area contributed by atoms with E-state index >= 15 is 0 Å². The number of aromatic nitrogens is 1. The normalized spacial score (nSPS) is 11.2. The van der Waals surface area contributed by atoms with E-state index in [1.807, 2.05) is 24.3 Å². The second kappa shape index (κ2) is 9.63. The Bertz CT molecular complexity index is 769. The molecule has 1 heterocycles. The third-order valence-corrected chi connectivity index (χ3v) is 5.40. The fourth-order valence-corrected chi connectivity index (χ4v) is 3.66. The van der Waals surface area contributed by atoms with Gasteiger partial charge in [-0.25, -0.2) is 0 Å². The number of nitrogens with one attached hydrogen (secondary N) is 1. The van der Waals surface area contributed by atoms with Crippen molar-refractivity contribution in [3.63, 3.8) is 0 Å². The third kappa shape index (κ3) is 5.34. The Labute approximate surface area is 153 Å². The lowest BCUT2D eigenvalue weighted by Crippen LogP contribution is -2.30. The van der Waals surface area contributed by atoms with Crippen molar-refractivity contribution < 1.29 is 4.79 Å². The van der Waals surface area contributed by atoms with Crippen molar-refractivity contribution in [3.8, 4) is 0 Å². The number of carbonyl (C=O) groups excluding carboxylic acids is 1. The maximum absolute atomic E-state index is 12.1. The van der Waals surface area contributed by atoms with Crippen LogP contribution in [0.3, 0.4) is 0 Å². The van der Waals surface area contributed by atoms with Crippen LogP contribution in [-0.4, -0.2) is 47.3 Å². The predicted molar refractivity (Wildman–Crippen MR) is 105 cm³/mol. The van der Waals surface area contributed by atoms with Crippen molar-refractivity contribution in [3.05, 3.63) is 40.7 Å². The van der Waals surface area contributed by atoms with Gasteiger partial charge in [0.25, 0.3) is 5.56 Å². The highest BCUT2D eigenvalue weighted by molar-refractivity contribution is 8.00. The van der Waals surface area contributed by atoms with Gasteiger partial charge in [0, 0.05) is 29.9 Å². The molecule has 0 fully saturated rings. The van der Waals surface area contributed by atoms with Crippen LogP contribution in [0.5, 0.6) is 0 Å². The summed E-state index contributed by atoms with van der Waals surface area (Å²) in [6.45, 7) is 8.06. The maximum atomic E-state index is 12.1. The van der Waals surface area contributed by atoms with Crippen molar-refractivity contribution in [2.75, 3.05) is 31.9 Å². The van der Waals surface area contributed by atoms with Crippen LogP contribution in [0.4, 0.5) is 0 Å². The molecule has 1 aromatic heterocycles. The quantitative estimate of drug-likeness (QED) is 0.551. The molecule has 136 valence electrons. The Morgan fingerprint density at radius 2 is 1.96 bits per heavy atom. The van der Waals surface area contributed by atoms with Gasteiger partial charge in [-0.2, -0.15) is 0 Å². The van der Waals surface area contributed by atoms with Crippen LogP contribution in [0.1, 0.15) is 20.3 Å². The molecule has 1 N–H and O–H groups in total. The Kier molecular flexibility index (Phi) is 7.52. The molecule has 6 heteroatoms. The number of pyridine rings is 1. The summed E-state index contributed by atoms with van der Waals surface area (Å²) in [5, 5.41) is 3.96. The van der Waals surface area contributed by atoms with Crippen molar-refractivity contribution in [1.29, 1.82) is 0 Å². The molecule has 2 aromatic rings. The van der Waals surface area contributed by atoms with E-state index in [1.165, 1.54) is 11.8 Å².